The summed E-state index contributed by atoms with van der Waals surface area (Å²) in [6, 6.07) is 0. The Balaban J connectivity index is 2.02. The highest BCUT2D eigenvalue weighted by Crippen LogP contribution is 2.31. The van der Waals surface area contributed by atoms with Gasteiger partial charge in [0.15, 0.2) is 0 Å². The molecule has 0 radical (unpaired) electrons. The van der Waals surface area contributed by atoms with Gasteiger partial charge in [-0.25, -0.2) is 9.97 Å². The van der Waals surface area contributed by atoms with Crippen LogP contribution in [0.15, 0.2) is 12.5 Å². The van der Waals surface area contributed by atoms with Crippen LogP contribution >= 0.6 is 22.6 Å². The Morgan fingerprint density at radius 3 is 2.56 bits per heavy atom. The molecule has 2 unspecified atom stereocenters. The van der Waals surface area contributed by atoms with Gasteiger partial charge in [-0.15, -0.1) is 0 Å². The predicted molar refractivity (Wildman–Crippen MR) is 71.3 cm³/mol. The fraction of sp³-hybridized carbons (Fsp3) is 0.667. The first-order chi connectivity index (χ1) is 7.65. The molecule has 2 atom stereocenters. The van der Waals surface area contributed by atoms with Crippen LogP contribution in [0, 0.1) is 15.4 Å². The van der Waals surface area contributed by atoms with E-state index in [0.717, 1.165) is 34.1 Å². The molecule has 0 bridgehead atoms. The maximum atomic E-state index is 5.97. The maximum absolute atomic E-state index is 5.97. The summed E-state index contributed by atoms with van der Waals surface area (Å²) in [7, 11) is 0. The summed E-state index contributed by atoms with van der Waals surface area (Å²) in [6.07, 6.45) is 7.27. The number of halogens is 1. The number of rotatable bonds is 2. The normalized spacial score (nSPS) is 30.1. The first-order valence-electron chi connectivity index (χ1n) is 5.77. The highest BCUT2D eigenvalue weighted by atomic mass is 127. The molecule has 1 fully saturated rings. The lowest BCUT2D eigenvalue weighted by Crippen LogP contribution is -2.29. The molecule has 1 aliphatic rings. The minimum absolute atomic E-state index is 0.321. The molecule has 1 heterocycles. The first-order valence-corrected chi connectivity index (χ1v) is 6.85. The molecule has 0 aliphatic heterocycles. The highest BCUT2D eigenvalue weighted by molar-refractivity contribution is 14.1. The van der Waals surface area contributed by atoms with Crippen molar-refractivity contribution in [3.05, 3.63) is 16.1 Å². The van der Waals surface area contributed by atoms with Crippen molar-refractivity contribution in [1.82, 2.24) is 9.97 Å². The van der Waals surface area contributed by atoms with Crippen molar-refractivity contribution in [2.75, 3.05) is 0 Å². The van der Waals surface area contributed by atoms with E-state index in [2.05, 4.69) is 46.4 Å². The molecule has 0 saturated heterocycles. The van der Waals surface area contributed by atoms with Crippen molar-refractivity contribution in [3.63, 3.8) is 0 Å². The average molecular weight is 332 g/mol. The SMILES string of the molecule is CC1CC(C)CC(Oc2ncncc2I)C1. The number of aromatic nitrogens is 2. The summed E-state index contributed by atoms with van der Waals surface area (Å²) in [5.74, 6) is 2.25. The molecule has 1 aliphatic carbocycles. The Morgan fingerprint density at radius 1 is 1.25 bits per heavy atom. The van der Waals surface area contributed by atoms with Crippen molar-refractivity contribution in [2.45, 2.75) is 39.2 Å². The van der Waals surface area contributed by atoms with E-state index < -0.39 is 0 Å². The molecule has 16 heavy (non-hydrogen) atoms. The lowest BCUT2D eigenvalue weighted by atomic mass is 9.82. The molecule has 1 saturated carbocycles. The van der Waals surface area contributed by atoms with Crippen LogP contribution in [0.4, 0.5) is 0 Å². The van der Waals surface area contributed by atoms with Crippen LogP contribution in [-0.2, 0) is 0 Å². The van der Waals surface area contributed by atoms with E-state index in [1.54, 1.807) is 12.5 Å². The Hall–Kier alpha value is -0.390. The lowest BCUT2D eigenvalue weighted by Gasteiger charge is -2.31. The second-order valence-electron chi connectivity index (χ2n) is 4.83. The number of hydrogen-bond acceptors (Lipinski definition) is 3. The van der Waals surface area contributed by atoms with Gasteiger partial charge in [-0.1, -0.05) is 13.8 Å². The fourth-order valence-electron chi connectivity index (χ4n) is 2.52. The van der Waals surface area contributed by atoms with Crippen molar-refractivity contribution in [2.24, 2.45) is 11.8 Å². The minimum atomic E-state index is 0.321. The molecule has 2 rings (SSSR count). The van der Waals surface area contributed by atoms with Crippen LogP contribution in [0.5, 0.6) is 5.88 Å². The van der Waals surface area contributed by atoms with E-state index in [4.69, 9.17) is 4.74 Å². The highest BCUT2D eigenvalue weighted by Gasteiger charge is 2.25. The largest absolute Gasteiger partial charge is 0.474 e. The molecule has 0 aromatic carbocycles. The van der Waals surface area contributed by atoms with E-state index in [0.29, 0.717) is 6.10 Å². The second-order valence-corrected chi connectivity index (χ2v) is 6.00. The van der Waals surface area contributed by atoms with Crippen LogP contribution in [0.2, 0.25) is 0 Å². The third-order valence-corrected chi connectivity index (χ3v) is 3.79. The van der Waals surface area contributed by atoms with Gasteiger partial charge in [-0.3, -0.25) is 0 Å². The van der Waals surface area contributed by atoms with Gasteiger partial charge in [0.05, 0.1) is 3.57 Å². The van der Waals surface area contributed by atoms with Gasteiger partial charge >= 0.3 is 0 Å². The molecule has 0 spiro atoms. The second kappa shape index (κ2) is 5.29. The van der Waals surface area contributed by atoms with Gasteiger partial charge in [-0.05, 0) is 53.7 Å². The lowest BCUT2D eigenvalue weighted by molar-refractivity contribution is 0.0956. The smallest absolute Gasteiger partial charge is 0.230 e. The topological polar surface area (TPSA) is 35.0 Å². The standard InChI is InChI=1S/C12H17IN2O/c1-8-3-9(2)5-10(4-8)16-12-11(13)6-14-7-15-12/h6-10H,3-5H2,1-2H3. The molecule has 0 N–H and O–H groups in total. The molecule has 1 aromatic heterocycles. The molecular formula is C12H17IN2O. The Morgan fingerprint density at radius 2 is 1.94 bits per heavy atom. The molecule has 4 heteroatoms. The van der Waals surface area contributed by atoms with Crippen LogP contribution in [-0.4, -0.2) is 16.1 Å². The average Bonchev–Trinajstić information content (AvgIpc) is 2.20. The van der Waals surface area contributed by atoms with Crippen molar-refractivity contribution >= 4 is 22.6 Å². The number of hydrogen-bond donors (Lipinski definition) is 0. The summed E-state index contributed by atoms with van der Waals surface area (Å²) < 4.78 is 6.96. The van der Waals surface area contributed by atoms with Gasteiger partial charge in [-0.2, -0.15) is 0 Å². The van der Waals surface area contributed by atoms with Gasteiger partial charge in [0.1, 0.15) is 12.4 Å². The predicted octanol–water partition coefficient (Wildman–Crippen LogP) is 3.28. The Kier molecular flexibility index (Phi) is 4.00. The Bertz CT molecular complexity index is 349. The first kappa shape index (κ1) is 12.1. The number of nitrogens with zero attached hydrogens (tertiary/aromatic N) is 2. The monoisotopic (exact) mass is 332 g/mol. The van der Waals surface area contributed by atoms with Gasteiger partial charge < -0.3 is 4.74 Å². The Labute approximate surface area is 110 Å². The van der Waals surface area contributed by atoms with Gasteiger partial charge in [0, 0.05) is 6.20 Å². The molecule has 3 nitrogen and oxygen atoms in total. The van der Waals surface area contributed by atoms with Crippen molar-refractivity contribution < 1.29 is 4.74 Å². The van der Waals surface area contributed by atoms with E-state index in [-0.39, 0.29) is 0 Å². The number of ether oxygens (including phenoxy) is 1. The third-order valence-electron chi connectivity index (χ3n) is 3.05. The summed E-state index contributed by atoms with van der Waals surface area (Å²) >= 11 is 2.22. The molecule has 88 valence electrons. The fourth-order valence-corrected chi connectivity index (χ4v) is 2.94. The summed E-state index contributed by atoms with van der Waals surface area (Å²) in [5.41, 5.74) is 0. The van der Waals surface area contributed by atoms with E-state index in [1.165, 1.54) is 6.42 Å². The van der Waals surface area contributed by atoms with Crippen LogP contribution < -0.4 is 4.74 Å². The zero-order valence-electron chi connectivity index (χ0n) is 9.69. The maximum Gasteiger partial charge on any atom is 0.230 e. The summed E-state index contributed by atoms with van der Waals surface area (Å²) in [4.78, 5) is 8.15. The molecule has 0 amide bonds. The van der Waals surface area contributed by atoms with E-state index in [9.17, 15) is 0 Å². The van der Waals surface area contributed by atoms with Crippen LogP contribution in [0.1, 0.15) is 33.1 Å². The van der Waals surface area contributed by atoms with Crippen LogP contribution in [0.3, 0.4) is 0 Å². The summed E-state index contributed by atoms with van der Waals surface area (Å²) in [6.45, 7) is 4.61. The third kappa shape index (κ3) is 3.06. The van der Waals surface area contributed by atoms with Gasteiger partial charge in [0.25, 0.3) is 0 Å². The quantitative estimate of drug-likeness (QED) is 0.780. The van der Waals surface area contributed by atoms with Crippen molar-refractivity contribution in [1.29, 1.82) is 0 Å². The van der Waals surface area contributed by atoms with Crippen molar-refractivity contribution in [3.8, 4) is 5.88 Å². The van der Waals surface area contributed by atoms with E-state index in [1.807, 2.05) is 0 Å². The van der Waals surface area contributed by atoms with E-state index >= 15 is 0 Å². The molecule has 1 aromatic rings. The zero-order valence-corrected chi connectivity index (χ0v) is 11.8. The zero-order chi connectivity index (χ0) is 11.5. The molecular weight excluding hydrogens is 315 g/mol. The van der Waals surface area contributed by atoms with Gasteiger partial charge in [0.2, 0.25) is 5.88 Å². The minimum Gasteiger partial charge on any atom is -0.474 e. The summed E-state index contributed by atoms with van der Waals surface area (Å²) in [5, 5.41) is 0. The van der Waals surface area contributed by atoms with Crippen LogP contribution in [0.25, 0.3) is 0 Å².